The summed E-state index contributed by atoms with van der Waals surface area (Å²) < 4.78 is 5.72. The van der Waals surface area contributed by atoms with E-state index in [1.807, 2.05) is 7.11 Å². The lowest BCUT2D eigenvalue weighted by Gasteiger charge is -2.28. The predicted molar refractivity (Wildman–Crippen MR) is 79.7 cm³/mol. The summed E-state index contributed by atoms with van der Waals surface area (Å²) in [4.78, 5) is 0. The summed E-state index contributed by atoms with van der Waals surface area (Å²) in [7, 11) is 1.87. The Bertz CT molecular complexity index is 290. The molecule has 104 valence electrons. The Kier molecular flexibility index (Phi) is 6.70. The van der Waals surface area contributed by atoms with Gasteiger partial charge in [-0.25, -0.2) is 0 Å². The first-order chi connectivity index (χ1) is 8.52. The van der Waals surface area contributed by atoms with Crippen molar-refractivity contribution in [1.29, 1.82) is 0 Å². The van der Waals surface area contributed by atoms with Crippen LogP contribution in [0.1, 0.15) is 59.3 Å². The van der Waals surface area contributed by atoms with Gasteiger partial charge >= 0.3 is 0 Å². The van der Waals surface area contributed by atoms with E-state index in [0.717, 1.165) is 12.3 Å². The molecule has 1 nitrogen and oxygen atoms in total. The van der Waals surface area contributed by atoms with Gasteiger partial charge in [0.2, 0.25) is 0 Å². The van der Waals surface area contributed by atoms with E-state index in [1.165, 1.54) is 37.7 Å². The van der Waals surface area contributed by atoms with Gasteiger partial charge in [-0.2, -0.15) is 0 Å². The second-order valence-corrected chi connectivity index (χ2v) is 6.18. The van der Waals surface area contributed by atoms with Crippen molar-refractivity contribution in [2.24, 2.45) is 11.8 Å². The van der Waals surface area contributed by atoms with E-state index >= 15 is 0 Å². The molecule has 1 aliphatic rings. The molecular formula is C17H30O. The molecule has 0 bridgehead atoms. The molecule has 3 atom stereocenters. The maximum atomic E-state index is 5.72. The second kappa shape index (κ2) is 7.78. The topological polar surface area (TPSA) is 9.23 Å². The van der Waals surface area contributed by atoms with Crippen LogP contribution in [-0.4, -0.2) is 13.2 Å². The highest BCUT2D eigenvalue weighted by Gasteiger charge is 2.22. The Morgan fingerprint density at radius 1 is 1.44 bits per heavy atom. The molecule has 0 aromatic heterocycles. The first-order valence-electron chi connectivity index (χ1n) is 7.35. The summed E-state index contributed by atoms with van der Waals surface area (Å²) in [5, 5.41) is 0. The summed E-state index contributed by atoms with van der Waals surface area (Å²) in [5.74, 6) is 1.39. The Hall–Kier alpha value is -0.560. The molecule has 0 N–H and O–H groups in total. The monoisotopic (exact) mass is 250 g/mol. The normalized spacial score (nSPS) is 33.6. The van der Waals surface area contributed by atoms with Crippen molar-refractivity contribution in [2.45, 2.75) is 65.4 Å². The van der Waals surface area contributed by atoms with E-state index in [9.17, 15) is 0 Å². The number of rotatable bonds is 3. The molecular weight excluding hydrogens is 220 g/mol. The van der Waals surface area contributed by atoms with Crippen LogP contribution in [0.25, 0.3) is 0 Å². The lowest BCUT2D eigenvalue weighted by molar-refractivity contribution is 0.0344. The van der Waals surface area contributed by atoms with Crippen LogP contribution < -0.4 is 0 Å². The van der Waals surface area contributed by atoms with Gasteiger partial charge < -0.3 is 4.74 Å². The molecule has 0 aromatic rings. The van der Waals surface area contributed by atoms with Crippen LogP contribution in [0, 0.1) is 11.8 Å². The van der Waals surface area contributed by atoms with Crippen LogP contribution in [0.5, 0.6) is 0 Å². The fourth-order valence-electron chi connectivity index (χ4n) is 3.00. The number of ether oxygens (including phenoxy) is 1. The van der Waals surface area contributed by atoms with E-state index in [2.05, 4.69) is 33.4 Å². The van der Waals surface area contributed by atoms with Crippen LogP contribution in [0.3, 0.4) is 0 Å². The second-order valence-electron chi connectivity index (χ2n) is 6.18. The Morgan fingerprint density at radius 2 is 2.17 bits per heavy atom. The molecule has 0 saturated carbocycles. The number of hydrogen-bond donors (Lipinski definition) is 0. The molecule has 0 aliphatic heterocycles. The van der Waals surface area contributed by atoms with Crippen molar-refractivity contribution in [1.82, 2.24) is 0 Å². The van der Waals surface area contributed by atoms with E-state index in [0.29, 0.717) is 12.0 Å². The summed E-state index contributed by atoms with van der Waals surface area (Å²) >= 11 is 0. The maximum absolute atomic E-state index is 5.72. The fraction of sp³-hybridized carbons (Fsp3) is 0.765. The Labute approximate surface area is 113 Å². The summed E-state index contributed by atoms with van der Waals surface area (Å²) in [6.45, 7) is 10.8. The molecule has 0 radical (unpaired) electrons. The highest BCUT2D eigenvalue weighted by molar-refractivity contribution is 5.00. The van der Waals surface area contributed by atoms with Crippen molar-refractivity contribution in [3.63, 3.8) is 0 Å². The van der Waals surface area contributed by atoms with Crippen molar-refractivity contribution in [3.8, 4) is 0 Å². The lowest BCUT2D eigenvalue weighted by Crippen LogP contribution is -2.24. The van der Waals surface area contributed by atoms with Crippen molar-refractivity contribution in [2.75, 3.05) is 7.11 Å². The fourth-order valence-corrected chi connectivity index (χ4v) is 3.00. The average molecular weight is 250 g/mol. The van der Waals surface area contributed by atoms with E-state index < -0.39 is 0 Å². The number of hydrogen-bond acceptors (Lipinski definition) is 1. The van der Waals surface area contributed by atoms with Crippen LogP contribution in [0.2, 0.25) is 0 Å². The zero-order valence-corrected chi connectivity index (χ0v) is 12.7. The SMILES string of the molecule is C=C(C)CC1CC/C(C)=C/CCC(C)C(OC)C1. The number of allylic oxidation sites excluding steroid dienone is 3. The first-order valence-corrected chi connectivity index (χ1v) is 7.35. The van der Waals surface area contributed by atoms with E-state index in [1.54, 1.807) is 5.57 Å². The third-order valence-corrected chi connectivity index (χ3v) is 4.20. The number of methoxy groups -OCH3 is 1. The predicted octanol–water partition coefficient (Wildman–Crippen LogP) is 5.13. The smallest absolute Gasteiger partial charge is 0.0599 e. The van der Waals surface area contributed by atoms with E-state index in [-0.39, 0.29) is 0 Å². The summed E-state index contributed by atoms with van der Waals surface area (Å²) in [6, 6.07) is 0. The molecule has 0 fully saturated rings. The molecule has 0 aromatic carbocycles. The van der Waals surface area contributed by atoms with Crippen LogP contribution >= 0.6 is 0 Å². The Morgan fingerprint density at radius 3 is 2.78 bits per heavy atom. The standard InChI is InChI=1S/C17H30O/c1-13(2)11-16-10-9-14(3)7-6-8-15(4)17(12-16)18-5/h7,15-17H,1,6,8-12H2,2-5H3/b14-7+. The molecule has 0 heterocycles. The molecule has 0 amide bonds. The molecule has 1 aliphatic carbocycles. The quantitative estimate of drug-likeness (QED) is 0.631. The van der Waals surface area contributed by atoms with E-state index in [4.69, 9.17) is 4.74 Å². The van der Waals surface area contributed by atoms with Gasteiger partial charge in [0.05, 0.1) is 6.10 Å². The van der Waals surface area contributed by atoms with Gasteiger partial charge in [-0.15, -0.1) is 6.58 Å². The molecule has 1 rings (SSSR count). The first kappa shape index (κ1) is 15.5. The highest BCUT2D eigenvalue weighted by Crippen LogP contribution is 2.29. The van der Waals surface area contributed by atoms with Gasteiger partial charge in [-0.3, -0.25) is 0 Å². The molecule has 18 heavy (non-hydrogen) atoms. The zero-order chi connectivity index (χ0) is 13.5. The molecule has 0 spiro atoms. The van der Waals surface area contributed by atoms with Gasteiger partial charge in [-0.1, -0.05) is 24.1 Å². The van der Waals surface area contributed by atoms with Gasteiger partial charge in [-0.05, 0) is 64.2 Å². The highest BCUT2D eigenvalue weighted by atomic mass is 16.5. The third-order valence-electron chi connectivity index (χ3n) is 4.20. The molecule has 3 unspecified atom stereocenters. The van der Waals surface area contributed by atoms with Gasteiger partial charge in [0.1, 0.15) is 0 Å². The summed E-state index contributed by atoms with van der Waals surface area (Å²) in [5.41, 5.74) is 2.87. The van der Waals surface area contributed by atoms with Crippen LogP contribution in [0.15, 0.2) is 23.8 Å². The maximum Gasteiger partial charge on any atom is 0.0599 e. The molecule has 0 saturated heterocycles. The van der Waals surface area contributed by atoms with Crippen molar-refractivity contribution < 1.29 is 4.74 Å². The zero-order valence-electron chi connectivity index (χ0n) is 12.7. The lowest BCUT2D eigenvalue weighted by atomic mass is 9.83. The largest absolute Gasteiger partial charge is 0.381 e. The third kappa shape index (κ3) is 5.39. The Balaban J connectivity index is 2.72. The van der Waals surface area contributed by atoms with Gasteiger partial charge in [0, 0.05) is 7.11 Å². The minimum atomic E-state index is 0.418. The van der Waals surface area contributed by atoms with Crippen molar-refractivity contribution in [3.05, 3.63) is 23.8 Å². The summed E-state index contributed by atoms with van der Waals surface area (Å²) in [6.07, 6.45) is 10.2. The molecule has 1 heteroatoms. The van der Waals surface area contributed by atoms with Crippen LogP contribution in [-0.2, 0) is 4.74 Å². The average Bonchev–Trinajstić information content (AvgIpc) is 2.31. The van der Waals surface area contributed by atoms with Gasteiger partial charge in [0.25, 0.3) is 0 Å². The van der Waals surface area contributed by atoms with Crippen molar-refractivity contribution >= 4 is 0 Å². The minimum Gasteiger partial charge on any atom is -0.381 e. The minimum absolute atomic E-state index is 0.418. The van der Waals surface area contributed by atoms with Crippen LogP contribution in [0.4, 0.5) is 0 Å². The van der Waals surface area contributed by atoms with Gasteiger partial charge in [0.15, 0.2) is 0 Å².